The molecule has 0 spiro atoms. The molecule has 1 saturated heterocycles. The Hall–Kier alpha value is -2.53. The van der Waals surface area contributed by atoms with Gasteiger partial charge in [0.1, 0.15) is 6.61 Å². The van der Waals surface area contributed by atoms with Gasteiger partial charge in [0.05, 0.1) is 6.04 Å². The predicted octanol–water partition coefficient (Wildman–Crippen LogP) is 3.74. The lowest BCUT2D eigenvalue weighted by molar-refractivity contribution is 0.0876. The molecule has 5 heteroatoms. The van der Waals surface area contributed by atoms with Crippen molar-refractivity contribution in [3.63, 3.8) is 0 Å². The van der Waals surface area contributed by atoms with E-state index in [0.717, 1.165) is 51.0 Å². The number of aryl methyl sites for hydroxylation is 1. The van der Waals surface area contributed by atoms with Crippen LogP contribution in [0.3, 0.4) is 0 Å². The zero-order chi connectivity index (χ0) is 19.3. The van der Waals surface area contributed by atoms with Crippen LogP contribution in [-0.4, -0.2) is 44.2 Å². The highest BCUT2D eigenvalue weighted by atomic mass is 16.6. The van der Waals surface area contributed by atoms with Gasteiger partial charge in [-0.3, -0.25) is 0 Å². The third-order valence-corrected chi connectivity index (χ3v) is 5.85. The normalized spacial score (nSPS) is 19.0. The van der Waals surface area contributed by atoms with Crippen molar-refractivity contribution < 1.29 is 9.53 Å². The van der Waals surface area contributed by atoms with E-state index in [-0.39, 0.29) is 12.1 Å². The Morgan fingerprint density at radius 1 is 1.18 bits per heavy atom. The van der Waals surface area contributed by atoms with Crippen LogP contribution >= 0.6 is 0 Å². The standard InChI is InChI=1S/C23H29N3O2/c1-25(23(27)28-17-18-6-3-2-4-7-18)22-9-5-8-19-16-20(10-11-21(19)22)26-14-12-24-13-15-26/h2-4,6-7,10-11,16,22,24H,5,8-9,12-15,17H2,1H3. The summed E-state index contributed by atoms with van der Waals surface area (Å²) in [6.45, 7) is 4.48. The molecule has 28 heavy (non-hydrogen) atoms. The van der Waals surface area contributed by atoms with Gasteiger partial charge in [-0.05, 0) is 48.1 Å². The first-order chi connectivity index (χ1) is 13.7. The van der Waals surface area contributed by atoms with Crippen molar-refractivity contribution >= 4 is 11.8 Å². The van der Waals surface area contributed by atoms with E-state index in [1.165, 1.54) is 16.8 Å². The van der Waals surface area contributed by atoms with Crippen LogP contribution in [0.25, 0.3) is 0 Å². The fourth-order valence-corrected chi connectivity index (χ4v) is 4.25. The highest BCUT2D eigenvalue weighted by Gasteiger charge is 2.28. The lowest BCUT2D eigenvalue weighted by atomic mass is 9.86. The SMILES string of the molecule is CN(C(=O)OCc1ccccc1)C1CCCc2cc(N3CCNCC3)ccc21. The molecule has 148 valence electrons. The maximum Gasteiger partial charge on any atom is 0.410 e. The van der Waals surface area contributed by atoms with Crippen LogP contribution < -0.4 is 10.2 Å². The van der Waals surface area contributed by atoms with Crippen molar-refractivity contribution in [3.05, 3.63) is 65.2 Å². The topological polar surface area (TPSA) is 44.8 Å². The Morgan fingerprint density at radius 3 is 2.75 bits per heavy atom. The molecule has 0 saturated carbocycles. The summed E-state index contributed by atoms with van der Waals surface area (Å²) in [6.07, 6.45) is 2.90. The van der Waals surface area contributed by atoms with Crippen molar-refractivity contribution in [1.29, 1.82) is 0 Å². The van der Waals surface area contributed by atoms with Gasteiger partial charge in [0.25, 0.3) is 0 Å². The van der Waals surface area contributed by atoms with E-state index < -0.39 is 0 Å². The number of carbonyl (C=O) groups is 1. The van der Waals surface area contributed by atoms with E-state index >= 15 is 0 Å². The molecule has 1 aliphatic carbocycles. The minimum absolute atomic E-state index is 0.0871. The highest BCUT2D eigenvalue weighted by molar-refractivity contribution is 5.68. The number of ether oxygens (including phenoxy) is 1. The number of nitrogens with one attached hydrogen (secondary N) is 1. The zero-order valence-corrected chi connectivity index (χ0v) is 16.6. The summed E-state index contributed by atoms with van der Waals surface area (Å²) in [5.74, 6) is 0. The number of nitrogens with zero attached hydrogens (tertiary/aromatic N) is 2. The number of piperazine rings is 1. The number of fused-ring (bicyclic) bond motifs is 1. The fraction of sp³-hybridized carbons (Fsp3) is 0.435. The summed E-state index contributed by atoms with van der Waals surface area (Å²) in [4.78, 5) is 16.8. The van der Waals surface area contributed by atoms with E-state index in [1.807, 2.05) is 37.4 Å². The lowest BCUT2D eigenvalue weighted by Crippen LogP contribution is -2.43. The van der Waals surface area contributed by atoms with E-state index in [4.69, 9.17) is 4.74 Å². The Labute approximate surface area is 167 Å². The predicted molar refractivity (Wildman–Crippen MR) is 112 cm³/mol. The molecule has 1 N–H and O–H groups in total. The van der Waals surface area contributed by atoms with Gasteiger partial charge >= 0.3 is 6.09 Å². The number of amides is 1. The van der Waals surface area contributed by atoms with Crippen LogP contribution in [0, 0.1) is 0 Å². The van der Waals surface area contributed by atoms with Crippen LogP contribution in [0.1, 0.15) is 35.6 Å². The van der Waals surface area contributed by atoms with Crippen LogP contribution in [0.4, 0.5) is 10.5 Å². The number of rotatable bonds is 4. The van der Waals surface area contributed by atoms with Gasteiger partial charge in [-0.25, -0.2) is 4.79 Å². The smallest absolute Gasteiger partial charge is 0.410 e. The Morgan fingerprint density at radius 2 is 1.96 bits per heavy atom. The minimum Gasteiger partial charge on any atom is -0.445 e. The van der Waals surface area contributed by atoms with Gasteiger partial charge in [0.2, 0.25) is 0 Å². The first-order valence-electron chi connectivity index (χ1n) is 10.2. The fourth-order valence-electron chi connectivity index (χ4n) is 4.25. The van der Waals surface area contributed by atoms with Crippen LogP contribution in [0.5, 0.6) is 0 Å². The van der Waals surface area contributed by atoms with Crippen molar-refractivity contribution in [3.8, 4) is 0 Å². The van der Waals surface area contributed by atoms with Gasteiger partial charge < -0.3 is 19.9 Å². The first-order valence-corrected chi connectivity index (χ1v) is 10.2. The molecule has 0 aromatic heterocycles. The number of carbonyl (C=O) groups excluding carboxylic acids is 1. The first kappa shape index (κ1) is 18.8. The summed E-state index contributed by atoms with van der Waals surface area (Å²) in [5.41, 5.74) is 4.95. The average Bonchev–Trinajstić information content (AvgIpc) is 2.77. The molecule has 0 radical (unpaired) electrons. The number of benzene rings is 2. The van der Waals surface area contributed by atoms with Crippen LogP contribution in [0.2, 0.25) is 0 Å². The van der Waals surface area contributed by atoms with Crippen LogP contribution in [-0.2, 0) is 17.8 Å². The molecular formula is C23H29N3O2. The minimum atomic E-state index is -0.257. The van der Waals surface area contributed by atoms with Crippen LogP contribution in [0.15, 0.2) is 48.5 Å². The summed E-state index contributed by atoms with van der Waals surface area (Å²) < 4.78 is 5.55. The molecule has 1 heterocycles. The van der Waals surface area contributed by atoms with Gasteiger partial charge in [0, 0.05) is 38.9 Å². The molecular weight excluding hydrogens is 350 g/mol. The second-order valence-electron chi connectivity index (χ2n) is 7.68. The van der Waals surface area contributed by atoms with Crippen molar-refractivity contribution in [2.24, 2.45) is 0 Å². The summed E-state index contributed by atoms with van der Waals surface area (Å²) >= 11 is 0. The molecule has 0 bridgehead atoms. The third-order valence-electron chi connectivity index (χ3n) is 5.85. The van der Waals surface area contributed by atoms with E-state index in [2.05, 4.69) is 28.4 Å². The average molecular weight is 380 g/mol. The number of hydrogen-bond acceptors (Lipinski definition) is 4. The molecule has 1 unspecified atom stereocenters. The summed E-state index contributed by atoms with van der Waals surface area (Å²) in [5, 5.41) is 3.41. The molecule has 1 aliphatic heterocycles. The Bertz CT molecular complexity index is 803. The van der Waals surface area contributed by atoms with Gasteiger partial charge in [-0.2, -0.15) is 0 Å². The molecule has 4 rings (SSSR count). The molecule has 2 aromatic rings. The maximum atomic E-state index is 12.6. The lowest BCUT2D eigenvalue weighted by Gasteiger charge is -2.35. The quantitative estimate of drug-likeness (QED) is 0.879. The van der Waals surface area contributed by atoms with Crippen molar-refractivity contribution in [2.45, 2.75) is 31.9 Å². The van der Waals surface area contributed by atoms with Gasteiger partial charge in [-0.15, -0.1) is 0 Å². The van der Waals surface area contributed by atoms with E-state index in [1.54, 1.807) is 4.90 Å². The van der Waals surface area contributed by atoms with Crippen molar-refractivity contribution in [2.75, 3.05) is 38.1 Å². The molecule has 1 amide bonds. The molecule has 1 fully saturated rings. The largest absolute Gasteiger partial charge is 0.445 e. The van der Waals surface area contributed by atoms with E-state index in [9.17, 15) is 4.79 Å². The van der Waals surface area contributed by atoms with E-state index in [0.29, 0.717) is 6.61 Å². The van der Waals surface area contributed by atoms with Gasteiger partial charge in [-0.1, -0.05) is 36.4 Å². The number of anilines is 1. The molecule has 2 aliphatic rings. The highest BCUT2D eigenvalue weighted by Crippen LogP contribution is 2.36. The maximum absolute atomic E-state index is 12.6. The molecule has 5 nitrogen and oxygen atoms in total. The van der Waals surface area contributed by atoms with Gasteiger partial charge in [0.15, 0.2) is 0 Å². The van der Waals surface area contributed by atoms with Crippen molar-refractivity contribution in [1.82, 2.24) is 10.2 Å². The summed E-state index contributed by atoms with van der Waals surface area (Å²) in [7, 11) is 1.86. The monoisotopic (exact) mass is 379 g/mol. The Kier molecular flexibility index (Phi) is 5.81. The zero-order valence-electron chi connectivity index (χ0n) is 16.6. The molecule has 2 aromatic carbocycles. The number of hydrogen-bond donors (Lipinski definition) is 1. The second-order valence-corrected chi connectivity index (χ2v) is 7.68. The summed E-state index contributed by atoms with van der Waals surface area (Å²) in [6, 6.07) is 16.7. The second kappa shape index (κ2) is 8.65. The molecule has 1 atom stereocenters. The Balaban J connectivity index is 1.45. The third kappa shape index (κ3) is 4.14.